The molecule has 274 valence electrons. The number of benzene rings is 1. The monoisotopic (exact) mass is 710 g/mol. The summed E-state index contributed by atoms with van der Waals surface area (Å²) in [6, 6.07) is 2.25. The number of aliphatic hydroxyl groups excluding tert-OH is 8. The van der Waals surface area contributed by atoms with Crippen molar-refractivity contribution in [2.45, 2.75) is 87.2 Å². The molecule has 0 radical (unpaired) electrons. The fourth-order valence-electron chi connectivity index (χ4n) is 6.70. The van der Waals surface area contributed by atoms with E-state index in [-0.39, 0.29) is 40.0 Å². The second-order valence-electron chi connectivity index (χ2n) is 12.5. The molecule has 9 N–H and O–H groups in total. The number of phenols is 1. The van der Waals surface area contributed by atoms with Gasteiger partial charge in [0.25, 0.3) is 0 Å². The maximum Gasteiger partial charge on any atom is 0.338 e. The second kappa shape index (κ2) is 14.2. The Hall–Kier alpha value is -3.66. The van der Waals surface area contributed by atoms with E-state index in [0.29, 0.717) is 0 Å². The number of rotatable bonds is 8. The maximum absolute atomic E-state index is 13.9. The van der Waals surface area contributed by atoms with Gasteiger partial charge in [0, 0.05) is 24.0 Å². The van der Waals surface area contributed by atoms with Crippen LogP contribution in [0.25, 0.3) is 11.0 Å². The zero-order valence-corrected chi connectivity index (χ0v) is 26.4. The first-order chi connectivity index (χ1) is 23.8. The molecule has 1 aromatic carbocycles. The first-order valence-electron chi connectivity index (χ1n) is 15.7. The number of cyclic esters (lactones) is 1. The van der Waals surface area contributed by atoms with Gasteiger partial charge in [-0.15, -0.1) is 6.58 Å². The minimum Gasteiger partial charge on any atom is -0.507 e. The summed E-state index contributed by atoms with van der Waals surface area (Å²) in [5, 5.41) is 90.8. The zero-order chi connectivity index (χ0) is 36.2. The molecule has 2 aromatic rings. The summed E-state index contributed by atoms with van der Waals surface area (Å²) in [4.78, 5) is 27.1. The van der Waals surface area contributed by atoms with E-state index in [1.807, 2.05) is 0 Å². The van der Waals surface area contributed by atoms with Crippen LogP contribution in [0.4, 0.5) is 0 Å². The molecule has 6 rings (SSSR count). The molecule has 14 unspecified atom stereocenters. The van der Waals surface area contributed by atoms with Gasteiger partial charge in [-0.25, -0.2) is 4.79 Å². The van der Waals surface area contributed by atoms with Gasteiger partial charge in [0.05, 0.1) is 30.6 Å². The van der Waals surface area contributed by atoms with E-state index in [0.717, 1.165) is 12.3 Å². The van der Waals surface area contributed by atoms with Gasteiger partial charge >= 0.3 is 5.97 Å². The number of ether oxygens (including phenoxy) is 6. The first-order valence-corrected chi connectivity index (χ1v) is 15.7. The summed E-state index contributed by atoms with van der Waals surface area (Å²) in [6.45, 7) is 3.88. The lowest BCUT2D eigenvalue weighted by molar-refractivity contribution is -0.339. The van der Waals surface area contributed by atoms with Crippen molar-refractivity contribution in [3.8, 4) is 11.5 Å². The molecule has 0 aliphatic carbocycles. The van der Waals surface area contributed by atoms with Crippen LogP contribution in [0.3, 0.4) is 0 Å². The van der Waals surface area contributed by atoms with E-state index in [1.54, 1.807) is 0 Å². The summed E-state index contributed by atoms with van der Waals surface area (Å²) in [5.74, 6) is -3.09. The predicted octanol–water partition coefficient (Wildman–Crippen LogP) is -2.55. The molecule has 18 nitrogen and oxygen atoms in total. The summed E-state index contributed by atoms with van der Waals surface area (Å²) in [7, 11) is 0. The highest BCUT2D eigenvalue weighted by molar-refractivity contribution is 5.90. The molecule has 5 heterocycles. The smallest absolute Gasteiger partial charge is 0.338 e. The van der Waals surface area contributed by atoms with E-state index < -0.39 is 116 Å². The molecule has 0 spiro atoms. The standard InChI is InChI=1S/C32H38O18/c1-3-12-13-6-17(47-29(43)14(13)9-44-30(12)50-32-28(42)26(40)23(37)19(8-34)49-32)20-10(2)45-16-5-11(4-15(35)21(16)24(20)38)46-31-27(41)25(39)22(36)18(7-33)48-31/h3-5,9,12-13,17-19,22-23,25-28,30-37,39-42H,1,6-8H2,2H3. The van der Waals surface area contributed by atoms with Crippen LogP contribution in [0.1, 0.15) is 23.8 Å². The molecule has 0 amide bonds. The van der Waals surface area contributed by atoms with E-state index in [9.17, 15) is 55.5 Å². The van der Waals surface area contributed by atoms with Crippen LogP contribution in [-0.4, -0.2) is 133 Å². The minimum absolute atomic E-state index is 0.0116. The van der Waals surface area contributed by atoms with E-state index in [4.69, 9.17) is 32.8 Å². The molecule has 18 heteroatoms. The van der Waals surface area contributed by atoms with Gasteiger partial charge in [-0.1, -0.05) is 6.08 Å². The summed E-state index contributed by atoms with van der Waals surface area (Å²) < 4.78 is 39.3. The van der Waals surface area contributed by atoms with Gasteiger partial charge in [-0.3, -0.25) is 4.79 Å². The SMILES string of the molecule is C=CC1C(OC2OC(CO)C(O)C(O)C2O)OC=C2C(=O)OC(c3c(C)oc4cc(OC5OC(CO)C(O)C(O)C5O)cc(O)c4c3=O)CC21. The number of carbonyl (C=O) groups excluding carboxylic acids is 1. The van der Waals surface area contributed by atoms with Crippen LogP contribution >= 0.6 is 0 Å². The fraction of sp³-hybridized carbons (Fsp3) is 0.562. The molecule has 3 fully saturated rings. The number of hydrogen-bond donors (Lipinski definition) is 9. The van der Waals surface area contributed by atoms with Crippen LogP contribution in [0, 0.1) is 18.8 Å². The van der Waals surface area contributed by atoms with E-state index in [2.05, 4.69) is 6.58 Å². The molecule has 3 saturated heterocycles. The number of aliphatic hydroxyl groups is 8. The minimum atomic E-state index is -1.74. The molecule has 0 bridgehead atoms. The molecule has 14 atom stereocenters. The molecule has 0 saturated carbocycles. The Morgan fingerprint density at radius 2 is 1.50 bits per heavy atom. The van der Waals surface area contributed by atoms with Crippen LogP contribution in [0.5, 0.6) is 11.5 Å². The lowest BCUT2D eigenvalue weighted by Gasteiger charge is -2.44. The number of fused-ring (bicyclic) bond motifs is 2. The molecule has 4 aliphatic rings. The largest absolute Gasteiger partial charge is 0.507 e. The lowest BCUT2D eigenvalue weighted by atomic mass is 9.77. The number of aryl methyl sites for hydroxylation is 1. The number of phenolic OH excluding ortho intramolecular Hbond substituents is 1. The van der Waals surface area contributed by atoms with Gasteiger partial charge in [-0.2, -0.15) is 0 Å². The summed E-state index contributed by atoms with van der Waals surface area (Å²) in [5.41, 5.74) is -0.868. The zero-order valence-electron chi connectivity index (χ0n) is 26.4. The van der Waals surface area contributed by atoms with Crippen molar-refractivity contribution in [2.75, 3.05) is 13.2 Å². The Morgan fingerprint density at radius 3 is 2.12 bits per heavy atom. The van der Waals surface area contributed by atoms with Crippen molar-refractivity contribution < 1.29 is 83.6 Å². The van der Waals surface area contributed by atoms with Gasteiger partial charge in [0.1, 0.15) is 83.2 Å². The topological polar surface area (TPSA) is 285 Å². The predicted molar refractivity (Wildman–Crippen MR) is 162 cm³/mol. The number of aromatic hydroxyl groups is 1. The van der Waals surface area contributed by atoms with Crippen molar-refractivity contribution in [3.63, 3.8) is 0 Å². The number of hydrogen-bond acceptors (Lipinski definition) is 18. The van der Waals surface area contributed by atoms with Crippen molar-refractivity contribution in [2.24, 2.45) is 11.8 Å². The Balaban J connectivity index is 1.25. The van der Waals surface area contributed by atoms with Gasteiger partial charge in [0.2, 0.25) is 18.0 Å². The van der Waals surface area contributed by atoms with Crippen LogP contribution < -0.4 is 10.2 Å². The average Bonchev–Trinajstić information content (AvgIpc) is 3.08. The fourth-order valence-corrected chi connectivity index (χ4v) is 6.70. The van der Waals surface area contributed by atoms with Crippen LogP contribution in [0.15, 0.2) is 45.8 Å². The van der Waals surface area contributed by atoms with Crippen molar-refractivity contribution in [1.29, 1.82) is 0 Å². The van der Waals surface area contributed by atoms with Crippen LogP contribution in [0.2, 0.25) is 0 Å². The normalized spacial score (nSPS) is 38.8. The molecule has 1 aromatic heterocycles. The Labute approximate surface area is 282 Å². The Bertz CT molecular complexity index is 1690. The van der Waals surface area contributed by atoms with Crippen molar-refractivity contribution in [3.05, 3.63) is 58.2 Å². The lowest BCUT2D eigenvalue weighted by Crippen LogP contribution is -2.60. The highest BCUT2D eigenvalue weighted by Gasteiger charge is 2.50. The molecule has 4 aliphatic heterocycles. The third-order valence-electron chi connectivity index (χ3n) is 9.44. The third-order valence-corrected chi connectivity index (χ3v) is 9.44. The Kier molecular flexibility index (Phi) is 10.2. The molecular formula is C32H38O18. The summed E-state index contributed by atoms with van der Waals surface area (Å²) >= 11 is 0. The molecule has 50 heavy (non-hydrogen) atoms. The average molecular weight is 711 g/mol. The highest BCUT2D eigenvalue weighted by atomic mass is 16.8. The Morgan fingerprint density at radius 1 is 0.880 bits per heavy atom. The quantitative estimate of drug-likeness (QED) is 0.101. The van der Waals surface area contributed by atoms with Gasteiger partial charge in [0.15, 0.2) is 6.29 Å². The van der Waals surface area contributed by atoms with E-state index in [1.165, 1.54) is 19.1 Å². The third kappa shape index (κ3) is 6.26. The first kappa shape index (κ1) is 36.1. The number of esters is 1. The van der Waals surface area contributed by atoms with Crippen molar-refractivity contribution >= 4 is 16.9 Å². The van der Waals surface area contributed by atoms with Gasteiger partial charge in [-0.05, 0) is 13.3 Å². The van der Waals surface area contributed by atoms with Crippen LogP contribution in [-0.2, 0) is 28.5 Å². The number of carbonyl (C=O) groups is 1. The highest BCUT2D eigenvalue weighted by Crippen LogP contribution is 2.45. The molecular weight excluding hydrogens is 672 g/mol. The van der Waals surface area contributed by atoms with E-state index >= 15 is 0 Å². The second-order valence-corrected chi connectivity index (χ2v) is 12.5. The van der Waals surface area contributed by atoms with Gasteiger partial charge < -0.3 is 78.8 Å². The van der Waals surface area contributed by atoms with Crippen molar-refractivity contribution in [1.82, 2.24) is 0 Å². The maximum atomic E-state index is 13.9. The summed E-state index contributed by atoms with van der Waals surface area (Å²) in [6.07, 6.45) is -15.7.